The molecule has 2 heterocycles. The van der Waals surface area contributed by atoms with E-state index in [1.807, 2.05) is 42.5 Å². The molecule has 5 nitrogen and oxygen atoms in total. The average molecular weight is 449 g/mol. The Morgan fingerprint density at radius 2 is 1.74 bits per heavy atom. The van der Waals surface area contributed by atoms with Gasteiger partial charge in [0.15, 0.2) is 0 Å². The van der Waals surface area contributed by atoms with Gasteiger partial charge in [-0.15, -0.1) is 11.3 Å². The molecule has 0 atom stereocenters. The van der Waals surface area contributed by atoms with Crippen LogP contribution in [0.4, 0.5) is 0 Å². The predicted molar refractivity (Wildman–Crippen MR) is 126 cm³/mol. The third-order valence-corrected chi connectivity index (χ3v) is 6.77. The van der Waals surface area contributed by atoms with Crippen LogP contribution in [0.3, 0.4) is 0 Å². The normalized spacial score (nSPS) is 11.3. The predicted octanol–water partition coefficient (Wildman–Crippen LogP) is 5.08. The molecule has 0 fully saturated rings. The molecule has 2 aromatic heterocycles. The number of aromatic nitrogens is 2. The molecular weight excluding hydrogens is 432 g/mol. The zero-order valence-corrected chi connectivity index (χ0v) is 18.1. The molecule has 3 aromatic carbocycles. The van der Waals surface area contributed by atoms with E-state index < -0.39 is 5.69 Å². The highest BCUT2D eigenvalue weighted by Crippen LogP contribution is 2.32. The van der Waals surface area contributed by atoms with Crippen LogP contribution in [0.15, 0.2) is 82.4 Å². The lowest BCUT2D eigenvalue weighted by molar-refractivity contribution is 0.414. The van der Waals surface area contributed by atoms with E-state index in [0.717, 1.165) is 15.6 Å². The monoisotopic (exact) mass is 448 g/mol. The van der Waals surface area contributed by atoms with Gasteiger partial charge in [0.2, 0.25) is 0 Å². The van der Waals surface area contributed by atoms with Crippen LogP contribution in [-0.2, 0) is 6.54 Å². The van der Waals surface area contributed by atoms with Crippen molar-refractivity contribution in [1.82, 2.24) is 9.13 Å². The van der Waals surface area contributed by atoms with Crippen LogP contribution in [0, 0.1) is 0 Å². The van der Waals surface area contributed by atoms with E-state index in [9.17, 15) is 9.59 Å². The zero-order chi connectivity index (χ0) is 21.5. The maximum absolute atomic E-state index is 13.7. The molecule has 0 saturated heterocycles. The second kappa shape index (κ2) is 7.72. The second-order valence-corrected chi connectivity index (χ2v) is 8.54. The molecule has 0 amide bonds. The highest BCUT2D eigenvalue weighted by Gasteiger charge is 2.20. The van der Waals surface area contributed by atoms with Gasteiger partial charge < -0.3 is 4.74 Å². The van der Waals surface area contributed by atoms with Crippen LogP contribution >= 0.6 is 22.9 Å². The molecule has 0 unspecified atom stereocenters. The zero-order valence-electron chi connectivity index (χ0n) is 16.5. The Kier molecular flexibility index (Phi) is 4.88. The number of hydrogen-bond donors (Lipinski definition) is 0. The van der Waals surface area contributed by atoms with E-state index in [1.54, 1.807) is 42.0 Å². The van der Waals surface area contributed by atoms with Crippen LogP contribution in [-0.4, -0.2) is 16.2 Å². The molecule has 0 saturated carbocycles. The first-order valence-corrected chi connectivity index (χ1v) is 10.8. The van der Waals surface area contributed by atoms with E-state index in [2.05, 4.69) is 0 Å². The van der Waals surface area contributed by atoms with E-state index in [1.165, 1.54) is 15.9 Å². The highest BCUT2D eigenvalue weighted by molar-refractivity contribution is 7.25. The summed E-state index contributed by atoms with van der Waals surface area (Å²) in [6, 6.07) is 22.1. The first-order chi connectivity index (χ1) is 15.1. The lowest BCUT2D eigenvalue weighted by atomic mass is 10.2. The molecule has 0 spiro atoms. The van der Waals surface area contributed by atoms with Crippen LogP contribution in [0.25, 0.3) is 26.0 Å². The number of benzene rings is 3. The summed E-state index contributed by atoms with van der Waals surface area (Å²) in [5.74, 6) is 0.567. The van der Waals surface area contributed by atoms with Gasteiger partial charge in [-0.25, -0.2) is 9.36 Å². The lowest BCUT2D eigenvalue weighted by Gasteiger charge is -2.14. The van der Waals surface area contributed by atoms with Gasteiger partial charge in [-0.3, -0.25) is 9.36 Å². The number of hydrogen-bond acceptors (Lipinski definition) is 4. The van der Waals surface area contributed by atoms with Gasteiger partial charge in [0, 0.05) is 21.2 Å². The summed E-state index contributed by atoms with van der Waals surface area (Å²) in [5.41, 5.74) is 1.13. The SMILES string of the molecule is COc1cccc(-n2c(=O)c3sc4ccccc4c3n(Cc3ccccc3Cl)c2=O)c1. The van der Waals surface area contributed by atoms with Crippen molar-refractivity contribution < 1.29 is 4.74 Å². The summed E-state index contributed by atoms with van der Waals surface area (Å²) in [7, 11) is 1.55. The largest absolute Gasteiger partial charge is 0.497 e. The van der Waals surface area contributed by atoms with Crippen molar-refractivity contribution in [2.24, 2.45) is 0 Å². The smallest absolute Gasteiger partial charge is 0.336 e. The van der Waals surface area contributed by atoms with Crippen molar-refractivity contribution in [3.63, 3.8) is 0 Å². The second-order valence-electron chi connectivity index (χ2n) is 7.08. The summed E-state index contributed by atoms with van der Waals surface area (Å²) in [6.07, 6.45) is 0. The van der Waals surface area contributed by atoms with E-state index in [-0.39, 0.29) is 12.1 Å². The fourth-order valence-corrected chi connectivity index (χ4v) is 5.10. The Hall–Kier alpha value is -3.35. The van der Waals surface area contributed by atoms with Crippen molar-refractivity contribution in [3.8, 4) is 11.4 Å². The molecule has 7 heteroatoms. The van der Waals surface area contributed by atoms with Gasteiger partial charge in [-0.05, 0) is 29.8 Å². The number of ether oxygens (including phenoxy) is 1. The number of halogens is 1. The van der Waals surface area contributed by atoms with Gasteiger partial charge in [0.05, 0.1) is 24.9 Å². The summed E-state index contributed by atoms with van der Waals surface area (Å²) >= 11 is 7.79. The minimum Gasteiger partial charge on any atom is -0.497 e. The Balaban J connectivity index is 1.90. The first-order valence-electron chi connectivity index (χ1n) is 9.63. The van der Waals surface area contributed by atoms with Crippen molar-refractivity contribution in [2.45, 2.75) is 6.54 Å². The molecule has 154 valence electrons. The third kappa shape index (κ3) is 3.24. The number of methoxy groups -OCH3 is 1. The average Bonchev–Trinajstić information content (AvgIpc) is 3.18. The number of nitrogens with zero attached hydrogens (tertiary/aromatic N) is 2. The van der Waals surface area contributed by atoms with Gasteiger partial charge in [0.25, 0.3) is 5.56 Å². The Labute approximate surface area is 186 Å². The molecule has 31 heavy (non-hydrogen) atoms. The summed E-state index contributed by atoms with van der Waals surface area (Å²) in [4.78, 5) is 27.2. The summed E-state index contributed by atoms with van der Waals surface area (Å²) in [6.45, 7) is 0.250. The third-order valence-electron chi connectivity index (χ3n) is 5.26. The van der Waals surface area contributed by atoms with Crippen molar-refractivity contribution in [3.05, 3.63) is 104 Å². The van der Waals surface area contributed by atoms with Gasteiger partial charge in [0.1, 0.15) is 10.4 Å². The van der Waals surface area contributed by atoms with E-state index >= 15 is 0 Å². The standard InChI is InChI=1S/C24H17ClN2O3S/c1-30-17-9-6-8-16(13-17)27-23(28)22-21(18-10-3-5-12-20(18)31-22)26(24(27)29)14-15-7-2-4-11-19(15)25/h2-13H,14H2,1H3. The Morgan fingerprint density at radius 3 is 2.55 bits per heavy atom. The Morgan fingerprint density at radius 1 is 0.968 bits per heavy atom. The topological polar surface area (TPSA) is 53.2 Å². The molecule has 0 aliphatic carbocycles. The number of fused-ring (bicyclic) bond motifs is 3. The molecule has 0 aliphatic rings. The minimum absolute atomic E-state index is 0.250. The lowest BCUT2D eigenvalue weighted by Crippen LogP contribution is -2.38. The van der Waals surface area contributed by atoms with Crippen LogP contribution in [0.2, 0.25) is 5.02 Å². The first kappa shape index (κ1) is 19.6. The number of rotatable bonds is 4. The summed E-state index contributed by atoms with van der Waals surface area (Å²) in [5, 5.41) is 1.45. The van der Waals surface area contributed by atoms with Crippen molar-refractivity contribution in [2.75, 3.05) is 7.11 Å². The number of thiophene rings is 1. The maximum Gasteiger partial charge on any atom is 0.336 e. The quantitative estimate of drug-likeness (QED) is 0.385. The summed E-state index contributed by atoms with van der Waals surface area (Å²) < 4.78 is 9.61. The van der Waals surface area contributed by atoms with Crippen molar-refractivity contribution >= 4 is 43.2 Å². The van der Waals surface area contributed by atoms with Crippen LogP contribution < -0.4 is 16.0 Å². The van der Waals surface area contributed by atoms with Gasteiger partial charge in [-0.2, -0.15) is 0 Å². The maximum atomic E-state index is 13.7. The minimum atomic E-state index is -0.422. The molecule has 5 rings (SSSR count). The van der Waals surface area contributed by atoms with Crippen LogP contribution in [0.1, 0.15) is 5.56 Å². The molecule has 0 bridgehead atoms. The fraction of sp³-hybridized carbons (Fsp3) is 0.0833. The molecule has 0 N–H and O–H groups in total. The molecule has 5 aromatic rings. The van der Waals surface area contributed by atoms with Gasteiger partial charge in [-0.1, -0.05) is 54.1 Å². The molecular formula is C24H17ClN2O3S. The van der Waals surface area contributed by atoms with Crippen LogP contribution in [0.5, 0.6) is 5.75 Å². The van der Waals surface area contributed by atoms with E-state index in [0.29, 0.717) is 26.7 Å². The highest BCUT2D eigenvalue weighted by atomic mass is 35.5. The molecule has 0 aliphatic heterocycles. The van der Waals surface area contributed by atoms with Gasteiger partial charge >= 0.3 is 5.69 Å². The van der Waals surface area contributed by atoms with E-state index in [4.69, 9.17) is 16.3 Å². The fourth-order valence-electron chi connectivity index (χ4n) is 3.77. The molecule has 0 radical (unpaired) electrons. The van der Waals surface area contributed by atoms with Crippen molar-refractivity contribution in [1.29, 1.82) is 0 Å². The Bertz CT molecular complexity index is 1570.